The third-order valence-corrected chi connectivity index (χ3v) is 28.6. The van der Waals surface area contributed by atoms with Gasteiger partial charge in [-0.2, -0.15) is 0 Å². The molecule has 644 valence electrons. The normalized spacial score (nSPS) is 11.8. The van der Waals surface area contributed by atoms with E-state index in [-0.39, 0.29) is 0 Å². The van der Waals surface area contributed by atoms with Crippen LogP contribution in [0, 0.1) is 0 Å². The molecule has 6 heterocycles. The van der Waals surface area contributed by atoms with Crippen molar-refractivity contribution >= 4 is 163 Å². The Morgan fingerprint density at radius 2 is 0.355 bits per heavy atom. The first-order chi connectivity index (χ1) is 68.4. The lowest BCUT2D eigenvalue weighted by Crippen LogP contribution is -1.95. The molecule has 0 aliphatic heterocycles. The molecule has 29 rings (SSSR count). The van der Waals surface area contributed by atoms with Gasteiger partial charge in [0.2, 0.25) is 0 Å². The molecule has 6 aromatic heterocycles. The highest BCUT2D eigenvalue weighted by Crippen LogP contribution is 2.45. The molecule has 0 bridgehead atoms. The van der Waals surface area contributed by atoms with Crippen molar-refractivity contribution in [1.82, 2.24) is 27.4 Å². The third-order valence-electron chi connectivity index (χ3n) is 28.6. The summed E-state index contributed by atoms with van der Waals surface area (Å²) < 4.78 is 14.3. The molecule has 0 unspecified atom stereocenters. The van der Waals surface area contributed by atoms with E-state index in [9.17, 15) is 0 Å². The molecule has 138 heavy (non-hydrogen) atoms. The van der Waals surface area contributed by atoms with Crippen LogP contribution in [0.25, 0.3) is 253 Å². The molecular weight excluding hydrogens is 1670 g/mol. The Bertz CT molecular complexity index is 9860. The Morgan fingerprint density at radius 1 is 0.109 bits per heavy atom. The van der Waals surface area contributed by atoms with Gasteiger partial charge in [0.25, 0.3) is 0 Å². The zero-order chi connectivity index (χ0) is 90.8. The minimum Gasteiger partial charge on any atom is -0.316 e. The Kier molecular flexibility index (Phi) is 18.9. The summed E-state index contributed by atoms with van der Waals surface area (Å²) in [6.07, 6.45) is 6.62. The molecule has 23 aromatic carbocycles. The van der Waals surface area contributed by atoms with E-state index in [1.54, 1.807) is 0 Å². The number of hydrogen-bond donors (Lipinski definition) is 0. The summed E-state index contributed by atoms with van der Waals surface area (Å²) in [6.45, 7) is 0. The van der Waals surface area contributed by atoms with Gasteiger partial charge in [0.05, 0.1) is 49.7 Å². The Hall–Kier alpha value is -18.4. The fourth-order valence-electron chi connectivity index (χ4n) is 22.0. The molecule has 0 spiro atoms. The van der Waals surface area contributed by atoms with Crippen LogP contribution < -0.4 is 0 Å². The summed E-state index contributed by atoms with van der Waals surface area (Å²) in [5, 5.41) is 26.7. The van der Waals surface area contributed by atoms with Crippen LogP contribution in [0.1, 0.15) is 0 Å². The lowest BCUT2D eigenvalue weighted by molar-refractivity contribution is 1.13. The van der Waals surface area contributed by atoms with Crippen molar-refractivity contribution < 1.29 is 0 Å². The second-order valence-corrected chi connectivity index (χ2v) is 36.3. The van der Waals surface area contributed by atoms with Crippen LogP contribution in [0.4, 0.5) is 0 Å². The van der Waals surface area contributed by atoms with Crippen molar-refractivity contribution in [2.45, 2.75) is 0 Å². The smallest absolute Gasteiger partial charge is 0.0635 e. The molecule has 0 saturated carbocycles. The highest BCUT2D eigenvalue weighted by atomic mass is 15.0. The van der Waals surface area contributed by atoms with Gasteiger partial charge in [-0.05, 0) is 260 Å². The molecule has 0 fully saturated rings. The van der Waals surface area contributed by atoms with Gasteiger partial charge in [-0.15, -0.1) is 0 Å². The van der Waals surface area contributed by atoms with E-state index in [0.717, 1.165) is 28.4 Å². The van der Waals surface area contributed by atoms with Crippen molar-refractivity contribution in [2.24, 2.45) is 0 Å². The average molecular weight is 1760 g/mol. The van der Waals surface area contributed by atoms with Gasteiger partial charge in [0.1, 0.15) is 0 Å². The van der Waals surface area contributed by atoms with Crippen LogP contribution in [0.15, 0.2) is 522 Å². The van der Waals surface area contributed by atoms with Gasteiger partial charge < -0.3 is 27.4 Å². The fraction of sp³-hybridized carbons (Fsp3) is 0. The first-order valence-corrected chi connectivity index (χ1v) is 47.5. The van der Waals surface area contributed by atoms with Crippen molar-refractivity contribution in [3.8, 4) is 89.8 Å². The number of aromatic nitrogens is 6. The standard InChI is InChI=1S/2C46H30N2.C40H26N2/c1-2-9-31(10-3-1)32-19-22-37(23-20-32)47-28-27-43-44(47)26-25-42-41-15-6-7-16-45(41)48(46(42)43)38-13-8-12-34(30-38)35-21-24-40-36(29-35)18-17-33-11-4-5-14-39(33)40;1-2-8-31(9-3-1)32-16-21-37(22-17-32)47-29-28-43-44(47)27-26-42-41-12-6-7-13-45(41)48(46(42)43)38-23-18-33(19-24-38)35-20-25-40-36(30-35)15-14-34-10-4-5-11-39(34)40;1-2-8-27(9-3-1)28-16-18-31(19-17-28)41-25-24-37-38(41)23-22-36-35-12-6-7-13-39(35)42(40(36)37)32-20-21-34-30(26-32)15-14-29-10-4-5-11-33(29)34/h2*1-30H;1-26H. The van der Waals surface area contributed by atoms with Crippen LogP contribution in [0.2, 0.25) is 0 Å². The van der Waals surface area contributed by atoms with Crippen molar-refractivity contribution in [2.75, 3.05) is 0 Å². The quantitative estimate of drug-likeness (QED) is 0.116. The number of benzene rings is 23. The number of hydrogen-bond acceptors (Lipinski definition) is 0. The molecule has 0 N–H and O–H groups in total. The highest BCUT2D eigenvalue weighted by molar-refractivity contribution is 6.22. The Morgan fingerprint density at radius 3 is 0.739 bits per heavy atom. The number of nitrogens with zero attached hydrogens (tertiary/aromatic N) is 6. The second-order valence-electron chi connectivity index (χ2n) is 36.3. The van der Waals surface area contributed by atoms with Crippen LogP contribution >= 0.6 is 0 Å². The van der Waals surface area contributed by atoms with E-state index in [1.165, 1.54) is 224 Å². The summed E-state index contributed by atoms with van der Waals surface area (Å²) >= 11 is 0. The zero-order valence-corrected chi connectivity index (χ0v) is 75.3. The van der Waals surface area contributed by atoms with E-state index >= 15 is 0 Å². The minimum atomic E-state index is 1.15. The summed E-state index contributed by atoms with van der Waals surface area (Å²) in [6, 6.07) is 183. The zero-order valence-electron chi connectivity index (χ0n) is 75.3. The molecule has 0 atom stereocenters. The van der Waals surface area contributed by atoms with Crippen molar-refractivity contribution in [1.29, 1.82) is 0 Å². The van der Waals surface area contributed by atoms with Gasteiger partial charge in [0.15, 0.2) is 0 Å². The van der Waals surface area contributed by atoms with Gasteiger partial charge in [-0.25, -0.2) is 0 Å². The van der Waals surface area contributed by atoms with Crippen molar-refractivity contribution in [3.63, 3.8) is 0 Å². The molecule has 6 heteroatoms. The van der Waals surface area contributed by atoms with E-state index in [4.69, 9.17) is 0 Å². The number of para-hydroxylation sites is 3. The maximum atomic E-state index is 2.45. The van der Waals surface area contributed by atoms with Crippen molar-refractivity contribution in [3.05, 3.63) is 522 Å². The molecule has 6 nitrogen and oxygen atoms in total. The SMILES string of the molecule is c1ccc(-c2ccc(-n3ccc4c3ccc3c5ccccc5n(-c5ccc(-c6ccc7c(ccc8ccccc87)c6)cc5)c34)cc2)cc1.c1ccc(-c2ccc(-n3ccc4c3ccc3c5ccccc5n(-c5ccc6c(ccc7ccccc76)c5)c34)cc2)cc1.c1ccc(-c2ccc(-n3ccc4c3ccc3c5ccccc5n(-c5cccc(-c6ccc7c(ccc8ccccc87)c6)c5)c34)cc2)cc1. The molecule has 0 radical (unpaired) electrons. The van der Waals surface area contributed by atoms with Crippen LogP contribution in [0.3, 0.4) is 0 Å². The molecule has 29 aromatic rings. The molecular formula is C132H86N6. The van der Waals surface area contributed by atoms with E-state index in [1.807, 2.05) is 0 Å². The number of fused-ring (bicyclic) bond motifs is 24. The molecule has 0 saturated heterocycles. The first-order valence-electron chi connectivity index (χ1n) is 47.5. The minimum absolute atomic E-state index is 1.15. The maximum absolute atomic E-state index is 2.45. The second kappa shape index (κ2) is 32.8. The monoisotopic (exact) mass is 1750 g/mol. The predicted octanol–water partition coefficient (Wildman–Crippen LogP) is 35.4. The van der Waals surface area contributed by atoms with Crippen LogP contribution in [0.5, 0.6) is 0 Å². The van der Waals surface area contributed by atoms with Crippen LogP contribution in [-0.4, -0.2) is 27.4 Å². The summed E-state index contributed by atoms with van der Waals surface area (Å²) in [5.41, 5.74) is 30.1. The van der Waals surface area contributed by atoms with E-state index in [0.29, 0.717) is 0 Å². The third kappa shape index (κ3) is 13.4. The number of rotatable bonds is 11. The van der Waals surface area contributed by atoms with Crippen LogP contribution in [-0.2, 0) is 0 Å². The predicted molar refractivity (Wildman–Crippen MR) is 585 cm³/mol. The fourth-order valence-corrected chi connectivity index (χ4v) is 22.0. The largest absolute Gasteiger partial charge is 0.316 e. The van der Waals surface area contributed by atoms with E-state index < -0.39 is 0 Å². The average Bonchev–Trinajstić information content (AvgIpc) is 1.57. The lowest BCUT2D eigenvalue weighted by atomic mass is 9.97. The topological polar surface area (TPSA) is 29.6 Å². The summed E-state index contributed by atoms with van der Waals surface area (Å²) in [7, 11) is 0. The lowest BCUT2D eigenvalue weighted by Gasteiger charge is -2.12. The van der Waals surface area contributed by atoms with Gasteiger partial charge in [0, 0.05) is 101 Å². The van der Waals surface area contributed by atoms with Gasteiger partial charge in [-0.3, -0.25) is 0 Å². The molecule has 0 aliphatic rings. The Labute approximate surface area is 796 Å². The first kappa shape index (κ1) is 79.4. The van der Waals surface area contributed by atoms with Gasteiger partial charge >= 0.3 is 0 Å². The summed E-state index contributed by atoms with van der Waals surface area (Å²) in [5.74, 6) is 0. The highest BCUT2D eigenvalue weighted by Gasteiger charge is 2.23. The summed E-state index contributed by atoms with van der Waals surface area (Å²) in [4.78, 5) is 0. The Balaban J connectivity index is 0.000000105. The van der Waals surface area contributed by atoms with E-state index in [2.05, 4.69) is 550 Å². The van der Waals surface area contributed by atoms with Gasteiger partial charge in [-0.1, -0.05) is 364 Å². The molecule has 0 aliphatic carbocycles. The maximum Gasteiger partial charge on any atom is 0.0635 e. The molecule has 0 amide bonds.